The quantitative estimate of drug-likeness (QED) is 0.639. The highest BCUT2D eigenvalue weighted by atomic mass is 32.2. The molecule has 2 aromatic heterocycles. The van der Waals surface area contributed by atoms with Crippen LogP contribution in [0, 0.1) is 5.92 Å². The normalized spacial score (nSPS) is 18.0. The Morgan fingerprint density at radius 1 is 1.25 bits per heavy atom. The van der Waals surface area contributed by atoms with Crippen LogP contribution in [0.3, 0.4) is 0 Å². The van der Waals surface area contributed by atoms with Gasteiger partial charge in [-0.1, -0.05) is 18.7 Å². The highest BCUT2D eigenvalue weighted by Gasteiger charge is 2.28. The van der Waals surface area contributed by atoms with Gasteiger partial charge >= 0.3 is 0 Å². The molecule has 0 radical (unpaired) electrons. The van der Waals surface area contributed by atoms with Crippen molar-refractivity contribution < 1.29 is 5.11 Å². The summed E-state index contributed by atoms with van der Waals surface area (Å²) in [6, 6.07) is 0. The zero-order valence-corrected chi connectivity index (χ0v) is 15.1. The molecule has 1 saturated heterocycles. The lowest BCUT2D eigenvalue weighted by atomic mass is 9.90. The first-order valence-corrected chi connectivity index (χ1v) is 9.47. The molecule has 1 atom stereocenters. The molecule has 0 saturated carbocycles. The molecule has 1 N–H and O–H groups in total. The van der Waals surface area contributed by atoms with Crippen molar-refractivity contribution in [1.29, 1.82) is 0 Å². The molecular formula is C17H25N5OS. The van der Waals surface area contributed by atoms with Crippen molar-refractivity contribution in [3.05, 3.63) is 36.2 Å². The standard InChI is InChI=1S/C17H25N5OS/c1-3-24-17-19-10-13(11-20-17)12-22-7-4-14(5-8-22)15(23)16-18-6-9-21(16)2/h6,9-11,14-15,23H,3-5,7-8,12H2,1-2H3/t15-/m0/s1. The van der Waals surface area contributed by atoms with Crippen molar-refractivity contribution >= 4 is 11.8 Å². The number of hydrogen-bond acceptors (Lipinski definition) is 6. The van der Waals surface area contributed by atoms with E-state index in [0.717, 1.165) is 54.8 Å². The second kappa shape index (κ2) is 8.09. The first-order valence-electron chi connectivity index (χ1n) is 8.48. The minimum Gasteiger partial charge on any atom is -0.385 e. The molecule has 0 unspecified atom stereocenters. The fourth-order valence-electron chi connectivity index (χ4n) is 3.19. The smallest absolute Gasteiger partial charge is 0.187 e. The van der Waals surface area contributed by atoms with E-state index in [1.165, 1.54) is 0 Å². The summed E-state index contributed by atoms with van der Waals surface area (Å²) in [6.07, 6.45) is 8.99. The first-order chi connectivity index (χ1) is 11.7. The Balaban J connectivity index is 1.51. The van der Waals surface area contributed by atoms with Crippen molar-refractivity contribution in [2.45, 2.75) is 37.6 Å². The van der Waals surface area contributed by atoms with E-state index in [0.29, 0.717) is 0 Å². The monoisotopic (exact) mass is 347 g/mol. The minimum absolute atomic E-state index is 0.280. The Kier molecular flexibility index (Phi) is 5.86. The van der Waals surface area contributed by atoms with Crippen LogP contribution < -0.4 is 0 Å². The number of aliphatic hydroxyl groups excluding tert-OH is 1. The average molecular weight is 347 g/mol. The van der Waals surface area contributed by atoms with Gasteiger partial charge in [0.2, 0.25) is 0 Å². The fourth-order valence-corrected chi connectivity index (χ4v) is 3.70. The molecule has 7 heteroatoms. The Labute approximate surface area is 147 Å². The van der Waals surface area contributed by atoms with Crippen LogP contribution in [-0.2, 0) is 13.6 Å². The van der Waals surface area contributed by atoms with Crippen molar-refractivity contribution in [3.8, 4) is 0 Å². The number of likely N-dealkylation sites (tertiary alicyclic amines) is 1. The SMILES string of the molecule is CCSc1ncc(CN2CCC([C@H](O)c3nccn3C)CC2)cn1. The molecule has 0 aliphatic carbocycles. The Bertz CT molecular complexity index is 637. The van der Waals surface area contributed by atoms with Crippen LogP contribution in [0.1, 0.15) is 37.3 Å². The lowest BCUT2D eigenvalue weighted by Gasteiger charge is -2.33. The molecule has 24 heavy (non-hydrogen) atoms. The fraction of sp³-hybridized carbons (Fsp3) is 0.588. The van der Waals surface area contributed by atoms with Gasteiger partial charge in [-0.15, -0.1) is 0 Å². The van der Waals surface area contributed by atoms with Crippen LogP contribution in [-0.4, -0.2) is 48.4 Å². The van der Waals surface area contributed by atoms with Gasteiger partial charge in [0.25, 0.3) is 0 Å². The number of thioether (sulfide) groups is 1. The minimum atomic E-state index is -0.471. The third-order valence-corrected chi connectivity index (χ3v) is 5.32. The summed E-state index contributed by atoms with van der Waals surface area (Å²) in [5.41, 5.74) is 1.15. The van der Waals surface area contributed by atoms with E-state index < -0.39 is 6.10 Å². The summed E-state index contributed by atoms with van der Waals surface area (Å²) in [5.74, 6) is 2.04. The zero-order valence-electron chi connectivity index (χ0n) is 14.3. The summed E-state index contributed by atoms with van der Waals surface area (Å²) in [5, 5.41) is 11.4. The topological polar surface area (TPSA) is 67.1 Å². The molecular weight excluding hydrogens is 322 g/mol. The number of piperidine rings is 1. The molecule has 3 rings (SSSR count). The van der Waals surface area contributed by atoms with E-state index in [1.807, 2.05) is 30.2 Å². The van der Waals surface area contributed by atoms with Gasteiger partial charge in [-0.05, 0) is 37.6 Å². The van der Waals surface area contributed by atoms with Gasteiger partial charge in [0.05, 0.1) is 0 Å². The molecule has 1 aliphatic rings. The first kappa shape index (κ1) is 17.4. The maximum absolute atomic E-state index is 10.5. The molecule has 0 spiro atoms. The maximum Gasteiger partial charge on any atom is 0.187 e. The van der Waals surface area contributed by atoms with Crippen LogP contribution in [0.4, 0.5) is 0 Å². The van der Waals surface area contributed by atoms with Crippen molar-refractivity contribution in [3.63, 3.8) is 0 Å². The summed E-state index contributed by atoms with van der Waals surface area (Å²) >= 11 is 1.66. The molecule has 2 aromatic rings. The lowest BCUT2D eigenvalue weighted by Crippen LogP contribution is -2.35. The Morgan fingerprint density at radius 2 is 1.96 bits per heavy atom. The van der Waals surface area contributed by atoms with E-state index in [4.69, 9.17) is 0 Å². The average Bonchev–Trinajstić information content (AvgIpc) is 3.03. The van der Waals surface area contributed by atoms with Crippen LogP contribution in [0.15, 0.2) is 29.9 Å². The van der Waals surface area contributed by atoms with Crippen molar-refractivity contribution in [2.24, 2.45) is 13.0 Å². The lowest BCUT2D eigenvalue weighted by molar-refractivity contribution is 0.0491. The van der Waals surface area contributed by atoms with Crippen molar-refractivity contribution in [1.82, 2.24) is 24.4 Å². The number of aliphatic hydroxyl groups is 1. The van der Waals surface area contributed by atoms with Crippen LogP contribution >= 0.6 is 11.8 Å². The molecule has 6 nitrogen and oxygen atoms in total. The highest BCUT2D eigenvalue weighted by Crippen LogP contribution is 2.30. The Morgan fingerprint density at radius 3 is 2.54 bits per heavy atom. The molecule has 0 bridgehead atoms. The number of nitrogens with zero attached hydrogens (tertiary/aromatic N) is 5. The summed E-state index contributed by atoms with van der Waals surface area (Å²) in [6.45, 7) is 4.95. The molecule has 1 aliphatic heterocycles. The summed E-state index contributed by atoms with van der Waals surface area (Å²) < 4.78 is 1.91. The van der Waals surface area contributed by atoms with E-state index in [2.05, 4.69) is 26.8 Å². The number of aromatic nitrogens is 4. The number of aryl methyl sites for hydroxylation is 1. The van der Waals surface area contributed by atoms with Gasteiger partial charge in [0.1, 0.15) is 11.9 Å². The van der Waals surface area contributed by atoms with Gasteiger partial charge in [-0.3, -0.25) is 4.90 Å². The summed E-state index contributed by atoms with van der Waals surface area (Å²) in [4.78, 5) is 15.5. The largest absolute Gasteiger partial charge is 0.385 e. The Hall–Kier alpha value is -1.44. The van der Waals surface area contributed by atoms with Crippen molar-refractivity contribution in [2.75, 3.05) is 18.8 Å². The molecule has 1 fully saturated rings. The van der Waals surface area contributed by atoms with Crippen LogP contribution in [0.25, 0.3) is 0 Å². The second-order valence-electron chi connectivity index (χ2n) is 6.26. The number of imidazole rings is 1. The molecule has 0 aromatic carbocycles. The van der Waals surface area contributed by atoms with Crippen LogP contribution in [0.2, 0.25) is 0 Å². The summed E-state index contributed by atoms with van der Waals surface area (Å²) in [7, 11) is 1.93. The van der Waals surface area contributed by atoms with E-state index >= 15 is 0 Å². The maximum atomic E-state index is 10.5. The van der Waals surface area contributed by atoms with Gasteiger partial charge in [0, 0.05) is 43.9 Å². The van der Waals surface area contributed by atoms with Gasteiger partial charge in [0.15, 0.2) is 5.16 Å². The van der Waals surface area contributed by atoms with Gasteiger partial charge in [-0.2, -0.15) is 0 Å². The zero-order chi connectivity index (χ0) is 16.9. The molecule has 3 heterocycles. The van der Waals surface area contributed by atoms with E-state index in [1.54, 1.807) is 18.0 Å². The third-order valence-electron chi connectivity index (χ3n) is 4.56. The number of rotatable bonds is 6. The second-order valence-corrected chi connectivity index (χ2v) is 7.49. The van der Waals surface area contributed by atoms with Gasteiger partial charge < -0.3 is 9.67 Å². The predicted octanol–water partition coefficient (Wildman–Crippen LogP) is 2.27. The highest BCUT2D eigenvalue weighted by molar-refractivity contribution is 7.99. The third kappa shape index (κ3) is 4.15. The van der Waals surface area contributed by atoms with E-state index in [9.17, 15) is 5.11 Å². The molecule has 130 valence electrons. The van der Waals surface area contributed by atoms with E-state index in [-0.39, 0.29) is 5.92 Å². The number of hydrogen-bond donors (Lipinski definition) is 1. The molecule has 0 amide bonds. The predicted molar refractivity (Wildman–Crippen MR) is 94.6 cm³/mol. The van der Waals surface area contributed by atoms with Crippen LogP contribution in [0.5, 0.6) is 0 Å². The van der Waals surface area contributed by atoms with Gasteiger partial charge in [-0.25, -0.2) is 15.0 Å².